The molecule has 0 aliphatic heterocycles. The van der Waals surface area contributed by atoms with Crippen LogP contribution in [0.25, 0.3) is 10.8 Å². The zero-order valence-electron chi connectivity index (χ0n) is 12.9. The highest BCUT2D eigenvalue weighted by Crippen LogP contribution is 2.21. The molecule has 0 amide bonds. The number of rotatable bonds is 5. The summed E-state index contributed by atoms with van der Waals surface area (Å²) in [5.74, 6) is -0.00817. The zero-order chi connectivity index (χ0) is 16.3. The van der Waals surface area contributed by atoms with Crippen molar-refractivity contribution in [3.8, 4) is 0 Å². The highest BCUT2D eigenvalue weighted by molar-refractivity contribution is 7.88. The summed E-state index contributed by atoms with van der Waals surface area (Å²) in [6.07, 6.45) is 0. The molecule has 0 unspecified atom stereocenters. The normalized spacial score (nSPS) is 13.1. The quantitative estimate of drug-likeness (QED) is 0.770. The van der Waals surface area contributed by atoms with Crippen molar-refractivity contribution in [3.63, 3.8) is 0 Å². The van der Waals surface area contributed by atoms with Gasteiger partial charge in [0.1, 0.15) is 0 Å². The maximum absolute atomic E-state index is 12.3. The van der Waals surface area contributed by atoms with Crippen LogP contribution in [0.3, 0.4) is 0 Å². The van der Waals surface area contributed by atoms with Crippen molar-refractivity contribution in [3.05, 3.63) is 83.9 Å². The van der Waals surface area contributed by atoms with Gasteiger partial charge in [0.25, 0.3) is 0 Å². The first-order valence-corrected chi connectivity index (χ1v) is 9.21. The molecule has 3 aromatic carbocycles. The number of hydrogen-bond acceptors (Lipinski definition) is 2. The Balaban J connectivity index is 1.78. The topological polar surface area (TPSA) is 46.2 Å². The first kappa shape index (κ1) is 15.7. The average Bonchev–Trinajstić information content (AvgIpc) is 2.54. The van der Waals surface area contributed by atoms with E-state index in [2.05, 4.69) is 4.72 Å². The third-order valence-corrected chi connectivity index (χ3v) is 5.26. The summed E-state index contributed by atoms with van der Waals surface area (Å²) < 4.78 is 27.4. The third kappa shape index (κ3) is 3.97. The van der Waals surface area contributed by atoms with E-state index in [0.29, 0.717) is 0 Å². The minimum absolute atomic E-state index is 0.00817. The lowest BCUT2D eigenvalue weighted by molar-refractivity contribution is 0.566. The van der Waals surface area contributed by atoms with E-state index >= 15 is 0 Å². The van der Waals surface area contributed by atoms with Gasteiger partial charge in [-0.1, -0.05) is 66.7 Å². The predicted molar refractivity (Wildman–Crippen MR) is 94.6 cm³/mol. The van der Waals surface area contributed by atoms with Crippen molar-refractivity contribution >= 4 is 20.8 Å². The highest BCUT2D eigenvalue weighted by Gasteiger charge is 2.16. The zero-order valence-corrected chi connectivity index (χ0v) is 13.8. The summed E-state index contributed by atoms with van der Waals surface area (Å²) in [6, 6.07) is 23.0. The van der Waals surface area contributed by atoms with Crippen LogP contribution in [0.1, 0.15) is 24.1 Å². The van der Waals surface area contributed by atoms with Crippen molar-refractivity contribution in [2.75, 3.05) is 0 Å². The van der Waals surface area contributed by atoms with E-state index in [1.807, 2.05) is 79.7 Å². The molecule has 4 heteroatoms. The summed E-state index contributed by atoms with van der Waals surface area (Å²) in [5, 5.41) is 2.26. The minimum Gasteiger partial charge on any atom is -0.212 e. The second-order valence-corrected chi connectivity index (χ2v) is 7.44. The Kier molecular flexibility index (Phi) is 4.46. The molecular weight excluding hydrogens is 306 g/mol. The molecule has 0 aliphatic carbocycles. The van der Waals surface area contributed by atoms with Crippen molar-refractivity contribution in [1.82, 2.24) is 4.72 Å². The fourth-order valence-electron chi connectivity index (χ4n) is 2.65. The molecule has 0 heterocycles. The smallest absolute Gasteiger partial charge is 0.212 e. The van der Waals surface area contributed by atoms with Crippen LogP contribution in [0.5, 0.6) is 0 Å². The number of nitrogens with one attached hydrogen (secondary N) is 1. The van der Waals surface area contributed by atoms with Crippen LogP contribution in [0.15, 0.2) is 72.8 Å². The SMILES string of the molecule is C[C@@H](NS(=O)(=O)Cc1ccccc1)c1ccc2ccccc2c1. The Morgan fingerprint density at radius 3 is 2.26 bits per heavy atom. The summed E-state index contributed by atoms with van der Waals surface area (Å²) in [7, 11) is -3.39. The molecule has 3 aromatic rings. The first-order valence-electron chi connectivity index (χ1n) is 7.56. The van der Waals surface area contributed by atoms with Gasteiger partial charge in [-0.25, -0.2) is 13.1 Å². The molecule has 1 N–H and O–H groups in total. The second kappa shape index (κ2) is 6.52. The first-order chi connectivity index (χ1) is 11.0. The lowest BCUT2D eigenvalue weighted by atomic mass is 10.0. The molecule has 118 valence electrons. The Morgan fingerprint density at radius 1 is 0.870 bits per heavy atom. The fourth-order valence-corrected chi connectivity index (χ4v) is 4.04. The monoisotopic (exact) mass is 325 g/mol. The lowest BCUT2D eigenvalue weighted by Gasteiger charge is -2.15. The summed E-state index contributed by atoms with van der Waals surface area (Å²) >= 11 is 0. The van der Waals surface area contributed by atoms with Gasteiger partial charge in [-0.3, -0.25) is 0 Å². The predicted octanol–water partition coefficient (Wildman–Crippen LogP) is 4.02. The van der Waals surface area contributed by atoms with E-state index in [1.54, 1.807) is 0 Å². The molecule has 0 saturated carbocycles. The van der Waals surface area contributed by atoms with E-state index in [1.165, 1.54) is 0 Å². The molecule has 0 spiro atoms. The molecule has 0 aliphatic rings. The molecule has 0 radical (unpaired) electrons. The van der Waals surface area contributed by atoms with Crippen LogP contribution in [-0.4, -0.2) is 8.42 Å². The molecule has 0 saturated heterocycles. The maximum atomic E-state index is 12.3. The van der Waals surface area contributed by atoms with Gasteiger partial charge in [0, 0.05) is 6.04 Å². The van der Waals surface area contributed by atoms with Gasteiger partial charge in [0.15, 0.2) is 0 Å². The van der Waals surface area contributed by atoms with Gasteiger partial charge in [-0.05, 0) is 34.9 Å². The Morgan fingerprint density at radius 2 is 1.52 bits per heavy atom. The van der Waals surface area contributed by atoms with E-state index in [0.717, 1.165) is 21.9 Å². The third-order valence-electron chi connectivity index (χ3n) is 3.83. The fraction of sp³-hybridized carbons (Fsp3) is 0.158. The summed E-state index contributed by atoms with van der Waals surface area (Å²) in [5.41, 5.74) is 1.74. The van der Waals surface area contributed by atoms with Crippen LogP contribution in [0, 0.1) is 0 Å². The molecule has 0 fully saturated rings. The second-order valence-electron chi connectivity index (χ2n) is 5.69. The van der Waals surface area contributed by atoms with Gasteiger partial charge >= 0.3 is 0 Å². The van der Waals surface area contributed by atoms with Gasteiger partial charge < -0.3 is 0 Å². The van der Waals surface area contributed by atoms with Gasteiger partial charge in [0.2, 0.25) is 10.0 Å². The van der Waals surface area contributed by atoms with Crippen LogP contribution in [0.2, 0.25) is 0 Å². The lowest BCUT2D eigenvalue weighted by Crippen LogP contribution is -2.28. The van der Waals surface area contributed by atoms with Crippen LogP contribution < -0.4 is 4.72 Å². The molecule has 23 heavy (non-hydrogen) atoms. The van der Waals surface area contributed by atoms with Gasteiger partial charge in [-0.15, -0.1) is 0 Å². The molecule has 3 nitrogen and oxygen atoms in total. The number of hydrogen-bond donors (Lipinski definition) is 1. The Bertz CT molecular complexity index is 905. The molecule has 3 rings (SSSR count). The van der Waals surface area contributed by atoms with Gasteiger partial charge in [-0.2, -0.15) is 0 Å². The summed E-state index contributed by atoms with van der Waals surface area (Å²) in [4.78, 5) is 0. The van der Waals surface area contributed by atoms with Crippen LogP contribution >= 0.6 is 0 Å². The van der Waals surface area contributed by atoms with Crippen molar-refractivity contribution in [2.24, 2.45) is 0 Å². The molecular formula is C19H19NO2S. The van der Waals surface area contributed by atoms with E-state index in [-0.39, 0.29) is 11.8 Å². The molecule has 1 atom stereocenters. The van der Waals surface area contributed by atoms with Gasteiger partial charge in [0.05, 0.1) is 5.75 Å². The Labute approximate surface area is 137 Å². The van der Waals surface area contributed by atoms with E-state index in [4.69, 9.17) is 0 Å². The highest BCUT2D eigenvalue weighted by atomic mass is 32.2. The number of sulfonamides is 1. The largest absolute Gasteiger partial charge is 0.216 e. The molecule has 0 bridgehead atoms. The average molecular weight is 325 g/mol. The minimum atomic E-state index is -3.39. The number of fused-ring (bicyclic) bond motifs is 1. The van der Waals surface area contributed by atoms with E-state index < -0.39 is 10.0 Å². The Hall–Kier alpha value is -2.17. The molecule has 0 aromatic heterocycles. The van der Waals surface area contributed by atoms with Crippen molar-refractivity contribution in [1.29, 1.82) is 0 Å². The van der Waals surface area contributed by atoms with Crippen molar-refractivity contribution < 1.29 is 8.42 Å². The van der Waals surface area contributed by atoms with Crippen molar-refractivity contribution in [2.45, 2.75) is 18.7 Å². The standard InChI is InChI=1S/C19H19NO2S/c1-15(18-12-11-17-9-5-6-10-19(17)13-18)20-23(21,22)14-16-7-3-2-4-8-16/h2-13,15,20H,14H2,1H3/t15-/m1/s1. The van der Waals surface area contributed by atoms with Crippen LogP contribution in [-0.2, 0) is 15.8 Å². The van der Waals surface area contributed by atoms with Crippen LogP contribution in [0.4, 0.5) is 0 Å². The van der Waals surface area contributed by atoms with E-state index in [9.17, 15) is 8.42 Å². The maximum Gasteiger partial charge on any atom is 0.216 e. The summed E-state index contributed by atoms with van der Waals surface area (Å²) in [6.45, 7) is 1.87. The number of benzene rings is 3.